The summed E-state index contributed by atoms with van der Waals surface area (Å²) in [6, 6.07) is 7.13. The van der Waals surface area contributed by atoms with Crippen molar-refractivity contribution in [2.75, 3.05) is 39.4 Å². The maximum atomic E-state index is 12.3. The minimum Gasteiger partial charge on any atom is -0.379 e. The van der Waals surface area contributed by atoms with Gasteiger partial charge in [-0.2, -0.15) is 0 Å². The fourth-order valence-corrected chi connectivity index (χ4v) is 4.29. The van der Waals surface area contributed by atoms with Crippen molar-refractivity contribution in [1.82, 2.24) is 9.80 Å². The van der Waals surface area contributed by atoms with Gasteiger partial charge in [-0.3, -0.25) is 19.4 Å². The maximum absolute atomic E-state index is 12.3. The van der Waals surface area contributed by atoms with Gasteiger partial charge in [0.1, 0.15) is 0 Å². The maximum Gasteiger partial charge on any atom is 0.261 e. The van der Waals surface area contributed by atoms with Gasteiger partial charge in [-0.05, 0) is 31.5 Å². The van der Waals surface area contributed by atoms with E-state index in [9.17, 15) is 9.59 Å². The van der Waals surface area contributed by atoms with E-state index in [2.05, 4.69) is 4.90 Å². The molecule has 2 aliphatic heterocycles. The van der Waals surface area contributed by atoms with Gasteiger partial charge in [0.05, 0.1) is 24.3 Å². The molecule has 0 atom stereocenters. The van der Waals surface area contributed by atoms with Crippen LogP contribution in [0.2, 0.25) is 0 Å². The Balaban J connectivity index is 1.13. The van der Waals surface area contributed by atoms with Gasteiger partial charge in [0.15, 0.2) is 0 Å². The zero-order valence-electron chi connectivity index (χ0n) is 17.7. The van der Waals surface area contributed by atoms with Crippen LogP contribution in [-0.2, 0) is 4.74 Å². The molecule has 1 saturated heterocycles. The van der Waals surface area contributed by atoms with E-state index in [0.29, 0.717) is 17.7 Å². The molecule has 0 radical (unpaired) electrons. The highest BCUT2D eigenvalue weighted by Crippen LogP contribution is 2.23. The molecule has 0 unspecified atom stereocenters. The molecule has 2 heterocycles. The molecule has 2 amide bonds. The van der Waals surface area contributed by atoms with Crippen LogP contribution in [0.5, 0.6) is 0 Å². The van der Waals surface area contributed by atoms with Crippen LogP contribution >= 0.6 is 0 Å². The number of benzene rings is 1. The molecule has 1 fully saturated rings. The monoisotopic (exact) mass is 400 g/mol. The summed E-state index contributed by atoms with van der Waals surface area (Å²) in [6.07, 6.45) is 12.4. The van der Waals surface area contributed by atoms with Crippen LogP contribution in [0, 0.1) is 0 Å². The number of carbonyl (C=O) groups is 2. The van der Waals surface area contributed by atoms with E-state index in [1.165, 1.54) is 62.8 Å². The number of hydrogen-bond acceptors (Lipinski definition) is 4. The molecule has 29 heavy (non-hydrogen) atoms. The van der Waals surface area contributed by atoms with E-state index in [-0.39, 0.29) is 11.8 Å². The Labute approximate surface area is 175 Å². The van der Waals surface area contributed by atoms with Crippen molar-refractivity contribution in [3.63, 3.8) is 0 Å². The van der Waals surface area contributed by atoms with E-state index in [4.69, 9.17) is 4.74 Å². The Hall–Kier alpha value is -1.72. The van der Waals surface area contributed by atoms with Crippen molar-refractivity contribution in [3.8, 4) is 0 Å². The molecule has 0 bridgehead atoms. The SMILES string of the molecule is O=C1c2ccccc2C(=O)N1CCCCCCCCCCCCN1CCOCC1. The lowest BCUT2D eigenvalue weighted by atomic mass is 10.1. The molecule has 1 aromatic rings. The zero-order valence-corrected chi connectivity index (χ0v) is 17.7. The number of unbranched alkanes of at least 4 members (excludes halogenated alkanes) is 9. The van der Waals surface area contributed by atoms with Gasteiger partial charge in [0.2, 0.25) is 0 Å². The summed E-state index contributed by atoms with van der Waals surface area (Å²) < 4.78 is 5.38. The van der Waals surface area contributed by atoms with E-state index in [1.54, 1.807) is 12.1 Å². The number of rotatable bonds is 13. The number of carbonyl (C=O) groups excluding carboxylic acids is 2. The summed E-state index contributed by atoms with van der Waals surface area (Å²) in [4.78, 5) is 28.6. The Bertz CT molecular complexity index is 620. The van der Waals surface area contributed by atoms with Crippen molar-refractivity contribution < 1.29 is 14.3 Å². The third kappa shape index (κ3) is 6.65. The summed E-state index contributed by atoms with van der Waals surface area (Å²) in [5.74, 6) is -0.251. The van der Waals surface area contributed by atoms with Gasteiger partial charge in [-0.25, -0.2) is 0 Å². The average Bonchev–Trinajstić information content (AvgIpc) is 3.00. The molecule has 3 rings (SSSR count). The third-order valence-electron chi connectivity index (χ3n) is 6.09. The predicted octanol–water partition coefficient (Wildman–Crippen LogP) is 4.52. The van der Waals surface area contributed by atoms with Crippen molar-refractivity contribution >= 4 is 11.8 Å². The van der Waals surface area contributed by atoms with Gasteiger partial charge in [-0.15, -0.1) is 0 Å². The fraction of sp³-hybridized carbons (Fsp3) is 0.667. The largest absolute Gasteiger partial charge is 0.379 e. The van der Waals surface area contributed by atoms with Crippen LogP contribution in [0.1, 0.15) is 84.9 Å². The molecular formula is C24H36N2O3. The predicted molar refractivity (Wildman–Crippen MR) is 115 cm³/mol. The first kappa shape index (κ1) is 22.0. The lowest BCUT2D eigenvalue weighted by Crippen LogP contribution is -2.36. The summed E-state index contributed by atoms with van der Waals surface area (Å²) in [5, 5.41) is 0. The molecule has 5 heteroatoms. The number of imide groups is 1. The first-order chi connectivity index (χ1) is 14.3. The summed E-state index contributed by atoms with van der Waals surface area (Å²) in [7, 11) is 0. The minimum absolute atomic E-state index is 0.126. The average molecular weight is 401 g/mol. The van der Waals surface area contributed by atoms with Crippen molar-refractivity contribution in [2.45, 2.75) is 64.2 Å². The van der Waals surface area contributed by atoms with Crippen LogP contribution in [0.25, 0.3) is 0 Å². The highest BCUT2D eigenvalue weighted by atomic mass is 16.5. The van der Waals surface area contributed by atoms with Gasteiger partial charge in [0.25, 0.3) is 11.8 Å². The Morgan fingerprint density at radius 3 is 1.62 bits per heavy atom. The van der Waals surface area contributed by atoms with Gasteiger partial charge < -0.3 is 4.74 Å². The van der Waals surface area contributed by atoms with E-state index in [1.807, 2.05) is 12.1 Å². The molecule has 0 aliphatic carbocycles. The second-order valence-corrected chi connectivity index (χ2v) is 8.30. The quantitative estimate of drug-likeness (QED) is 0.361. The normalized spacial score (nSPS) is 17.2. The topological polar surface area (TPSA) is 49.9 Å². The smallest absolute Gasteiger partial charge is 0.261 e. The standard InChI is InChI=1S/C24H36N2O3/c27-23-21-13-9-10-14-22(21)24(28)26(23)16-12-8-6-4-2-1-3-5-7-11-15-25-17-19-29-20-18-25/h9-10,13-14H,1-8,11-12,15-20H2. The molecule has 160 valence electrons. The fourth-order valence-electron chi connectivity index (χ4n) is 4.29. The Morgan fingerprint density at radius 2 is 1.10 bits per heavy atom. The Morgan fingerprint density at radius 1 is 0.655 bits per heavy atom. The van der Waals surface area contributed by atoms with Crippen molar-refractivity contribution in [3.05, 3.63) is 35.4 Å². The highest BCUT2D eigenvalue weighted by Gasteiger charge is 2.34. The second-order valence-electron chi connectivity index (χ2n) is 8.30. The third-order valence-corrected chi connectivity index (χ3v) is 6.09. The lowest BCUT2D eigenvalue weighted by Gasteiger charge is -2.26. The molecule has 0 saturated carbocycles. The Kier molecular flexibility index (Phi) is 9.16. The molecule has 0 N–H and O–H groups in total. The number of fused-ring (bicyclic) bond motifs is 1. The summed E-state index contributed by atoms with van der Waals surface area (Å²) >= 11 is 0. The molecular weight excluding hydrogens is 364 g/mol. The van der Waals surface area contributed by atoms with E-state index >= 15 is 0 Å². The molecule has 0 spiro atoms. The number of morpholine rings is 1. The van der Waals surface area contributed by atoms with Gasteiger partial charge in [0, 0.05) is 19.6 Å². The van der Waals surface area contributed by atoms with Crippen molar-refractivity contribution in [2.24, 2.45) is 0 Å². The molecule has 0 aromatic heterocycles. The highest BCUT2D eigenvalue weighted by molar-refractivity contribution is 6.21. The summed E-state index contributed by atoms with van der Waals surface area (Å²) in [6.45, 7) is 5.79. The summed E-state index contributed by atoms with van der Waals surface area (Å²) in [5.41, 5.74) is 1.12. The van der Waals surface area contributed by atoms with Crippen molar-refractivity contribution in [1.29, 1.82) is 0 Å². The van der Waals surface area contributed by atoms with Crippen LogP contribution < -0.4 is 0 Å². The van der Waals surface area contributed by atoms with E-state index < -0.39 is 0 Å². The molecule has 2 aliphatic rings. The van der Waals surface area contributed by atoms with E-state index in [0.717, 1.165) is 39.1 Å². The van der Waals surface area contributed by atoms with Crippen LogP contribution in [-0.4, -0.2) is 61.0 Å². The molecule has 5 nitrogen and oxygen atoms in total. The lowest BCUT2D eigenvalue weighted by molar-refractivity contribution is 0.0371. The van der Waals surface area contributed by atoms with Gasteiger partial charge in [-0.1, -0.05) is 63.5 Å². The number of ether oxygens (including phenoxy) is 1. The number of amides is 2. The minimum atomic E-state index is -0.126. The van der Waals surface area contributed by atoms with Crippen LogP contribution in [0.15, 0.2) is 24.3 Å². The van der Waals surface area contributed by atoms with Crippen LogP contribution in [0.4, 0.5) is 0 Å². The number of nitrogens with zero attached hydrogens (tertiary/aromatic N) is 2. The zero-order chi connectivity index (χ0) is 20.3. The number of hydrogen-bond donors (Lipinski definition) is 0. The first-order valence-electron chi connectivity index (χ1n) is 11.5. The van der Waals surface area contributed by atoms with Gasteiger partial charge >= 0.3 is 0 Å². The first-order valence-corrected chi connectivity index (χ1v) is 11.5. The van der Waals surface area contributed by atoms with Crippen LogP contribution in [0.3, 0.4) is 0 Å². The molecule has 1 aromatic carbocycles. The second kappa shape index (κ2) is 12.1.